The van der Waals surface area contributed by atoms with Crippen molar-refractivity contribution in [1.82, 2.24) is 0 Å². The summed E-state index contributed by atoms with van der Waals surface area (Å²) in [5.41, 5.74) is 3.05. The van der Waals surface area contributed by atoms with Gasteiger partial charge in [-0.2, -0.15) is 0 Å². The molecule has 2 aromatic carbocycles. The number of ketones is 1. The van der Waals surface area contributed by atoms with E-state index in [-0.39, 0.29) is 5.78 Å². The van der Waals surface area contributed by atoms with E-state index in [1.807, 2.05) is 32.0 Å². The molecule has 11 heteroatoms. The maximum atomic E-state index is 12.6. The molecule has 0 aliphatic carbocycles. The smallest absolute Gasteiger partial charge is 0.198 e. The van der Waals surface area contributed by atoms with Crippen LogP contribution in [-0.4, -0.2) is 12.9 Å². The summed E-state index contributed by atoms with van der Waals surface area (Å²) in [5, 5.41) is 0.458. The van der Waals surface area contributed by atoms with Gasteiger partial charge in [0.05, 0.1) is 17.7 Å². The second-order valence-electron chi connectivity index (χ2n) is 4.92. The van der Waals surface area contributed by atoms with Crippen LogP contribution in [0.1, 0.15) is 27.0 Å². The molecule has 2 nitrogen and oxygen atoms in total. The quantitative estimate of drug-likeness (QED) is 0.556. The van der Waals surface area contributed by atoms with Crippen LogP contribution in [0.3, 0.4) is 0 Å². The Balaban J connectivity index is 0.000000387. The molecule has 0 aliphatic heterocycles. The standard InChI is InChI=1S/C16H15ClO2.S8/c1-10-4-6-14(17)12(8-10)16(18)13-9-11(2)5-7-15(13)19-3;1-3-5-7-8-6-4-2/h4-9H,1-3H3;. The van der Waals surface area contributed by atoms with Crippen LogP contribution in [0.25, 0.3) is 0 Å². The van der Waals surface area contributed by atoms with Gasteiger partial charge in [-0.25, -0.2) is 0 Å². The van der Waals surface area contributed by atoms with Gasteiger partial charge in [0.2, 0.25) is 0 Å². The fourth-order valence-electron chi connectivity index (χ4n) is 2.00. The number of hydrogen-bond donors (Lipinski definition) is 0. The number of methoxy groups -OCH3 is 1. The van der Waals surface area contributed by atoms with Crippen LogP contribution in [0.5, 0.6) is 5.75 Å². The monoisotopic (exact) mass is 530 g/mol. The first-order chi connectivity index (χ1) is 12.9. The predicted molar refractivity (Wildman–Crippen MR) is 136 cm³/mol. The molecule has 0 bridgehead atoms. The van der Waals surface area contributed by atoms with Crippen molar-refractivity contribution in [2.45, 2.75) is 13.8 Å². The number of carbonyl (C=O) groups is 1. The number of carbonyl (C=O) groups excluding carboxylic acids is 1. The van der Waals surface area contributed by atoms with Gasteiger partial charge >= 0.3 is 0 Å². The highest BCUT2D eigenvalue weighted by Gasteiger charge is 2.17. The summed E-state index contributed by atoms with van der Waals surface area (Å²) in [6.07, 6.45) is 0. The summed E-state index contributed by atoms with van der Waals surface area (Å²) in [6.45, 7) is 3.87. The van der Waals surface area contributed by atoms with Gasteiger partial charge in [0.25, 0.3) is 0 Å². The van der Waals surface area contributed by atoms with Gasteiger partial charge in [-0.1, -0.05) is 34.9 Å². The van der Waals surface area contributed by atoms with Crippen molar-refractivity contribution in [1.29, 1.82) is 0 Å². The Morgan fingerprint density at radius 1 is 0.889 bits per heavy atom. The molecule has 0 saturated carbocycles. The highest BCUT2D eigenvalue weighted by atomic mass is 35.5. The van der Waals surface area contributed by atoms with E-state index in [9.17, 15) is 4.79 Å². The van der Waals surface area contributed by atoms with E-state index >= 15 is 0 Å². The van der Waals surface area contributed by atoms with Crippen LogP contribution in [0.15, 0.2) is 36.4 Å². The van der Waals surface area contributed by atoms with Crippen LogP contribution in [0, 0.1) is 13.8 Å². The van der Waals surface area contributed by atoms with Crippen LogP contribution >= 0.6 is 11.6 Å². The highest BCUT2D eigenvalue weighted by Crippen LogP contribution is 2.26. The van der Waals surface area contributed by atoms with Crippen molar-refractivity contribution in [3.05, 3.63) is 63.7 Å². The van der Waals surface area contributed by atoms with Gasteiger partial charge in [0.15, 0.2) is 5.78 Å². The molecule has 0 heterocycles. The van der Waals surface area contributed by atoms with E-state index in [1.54, 1.807) is 60.8 Å². The van der Waals surface area contributed by atoms with E-state index in [1.165, 1.54) is 17.8 Å². The van der Waals surface area contributed by atoms with Crippen molar-refractivity contribution >= 4 is 93.0 Å². The second kappa shape index (κ2) is 14.0. The van der Waals surface area contributed by atoms with E-state index in [0.717, 1.165) is 11.1 Å². The fraction of sp³-hybridized carbons (Fsp3) is 0.188. The molecule has 2 aromatic rings. The van der Waals surface area contributed by atoms with Crippen molar-refractivity contribution < 1.29 is 9.53 Å². The average Bonchev–Trinajstić information content (AvgIpc) is 2.67. The summed E-state index contributed by atoms with van der Waals surface area (Å²) in [5.74, 6) is 0.447. The number of aryl methyl sites for hydroxylation is 2. The molecule has 146 valence electrons. The number of benzene rings is 2. The largest absolute Gasteiger partial charge is 0.496 e. The highest BCUT2D eigenvalue weighted by molar-refractivity contribution is 8.70. The zero-order valence-corrected chi connectivity index (χ0v) is 21.7. The van der Waals surface area contributed by atoms with Gasteiger partial charge in [-0.05, 0) is 38.1 Å². The van der Waals surface area contributed by atoms with Crippen LogP contribution in [-0.2, 0) is 75.7 Å². The fourth-order valence-corrected chi connectivity index (χ4v) is 13.2. The topological polar surface area (TPSA) is 26.3 Å². The van der Waals surface area contributed by atoms with Gasteiger partial charge < -0.3 is 4.74 Å². The number of ether oxygens (including phenoxy) is 1. The van der Waals surface area contributed by atoms with Crippen LogP contribution in [0.4, 0.5) is 0 Å². The Morgan fingerprint density at radius 3 is 1.93 bits per heavy atom. The van der Waals surface area contributed by atoms with Gasteiger partial charge in [-0.15, -0.1) is 0 Å². The molecule has 27 heavy (non-hydrogen) atoms. The Kier molecular flexibility index (Phi) is 13.0. The van der Waals surface area contributed by atoms with Crippen molar-refractivity contribution in [2.75, 3.05) is 7.11 Å². The average molecular weight is 531 g/mol. The van der Waals surface area contributed by atoms with Crippen LogP contribution < -0.4 is 4.74 Å². The maximum Gasteiger partial charge on any atom is 0.198 e. The van der Waals surface area contributed by atoms with Crippen molar-refractivity contribution in [3.8, 4) is 5.75 Å². The Labute approximate surface area is 191 Å². The summed E-state index contributed by atoms with van der Waals surface area (Å²) < 4.78 is 5.25. The molecule has 0 unspecified atom stereocenters. The number of hydrogen-bond acceptors (Lipinski definition) is 4. The molecule has 0 fully saturated rings. The second-order valence-corrected chi connectivity index (χ2v) is 15.9. The van der Waals surface area contributed by atoms with E-state index in [2.05, 4.69) is 22.4 Å². The lowest BCUT2D eigenvalue weighted by molar-refractivity contribution is 0.103. The first kappa shape index (κ1) is 25.0. The zero-order valence-electron chi connectivity index (χ0n) is 14.4. The molecule has 0 saturated heterocycles. The minimum Gasteiger partial charge on any atom is -0.496 e. The zero-order chi connectivity index (χ0) is 20.2. The summed E-state index contributed by atoms with van der Waals surface area (Å²) in [6, 6.07) is 10.9. The maximum absolute atomic E-state index is 12.6. The minimum atomic E-state index is -0.116. The summed E-state index contributed by atoms with van der Waals surface area (Å²) >= 11 is 15.3. The van der Waals surface area contributed by atoms with Gasteiger partial charge in [-0.3, -0.25) is 4.79 Å². The summed E-state index contributed by atoms with van der Waals surface area (Å²) in [4.78, 5) is 12.6. The molecular weight excluding hydrogens is 516 g/mol. The molecule has 0 aliphatic rings. The Hall–Kier alpha value is -0.0400. The Morgan fingerprint density at radius 2 is 1.41 bits per heavy atom. The molecule has 0 aromatic heterocycles. The molecule has 0 radical (unpaired) electrons. The van der Waals surface area contributed by atoms with Gasteiger partial charge in [0, 0.05) is 81.2 Å². The third kappa shape index (κ3) is 8.88. The van der Waals surface area contributed by atoms with E-state index in [0.29, 0.717) is 21.9 Å². The number of rotatable bonds is 3. The predicted octanol–water partition coefficient (Wildman–Crippen LogP) is 4.18. The third-order valence-electron chi connectivity index (χ3n) is 3.10. The molecule has 0 atom stereocenters. The first-order valence-corrected chi connectivity index (χ1v) is 16.9. The lowest BCUT2D eigenvalue weighted by atomic mass is 9.99. The normalized spacial score (nSPS) is 9.19. The van der Waals surface area contributed by atoms with Crippen LogP contribution in [0.2, 0.25) is 5.02 Å². The molecular formula is C16H15ClO2S8. The Bertz CT molecular complexity index is 1050. The van der Waals surface area contributed by atoms with E-state index < -0.39 is 0 Å². The molecule has 0 N–H and O–H groups in total. The lowest BCUT2D eigenvalue weighted by Gasteiger charge is -2.10. The number of halogens is 1. The molecule has 2 rings (SSSR count). The van der Waals surface area contributed by atoms with Crippen molar-refractivity contribution in [3.63, 3.8) is 0 Å². The lowest BCUT2D eigenvalue weighted by Crippen LogP contribution is -2.05. The SMILES string of the molecule is COc1ccc(C)cc1C(=O)c1cc(C)ccc1Cl.S=S=S=S=S=S=S=S. The molecule has 0 amide bonds. The third-order valence-corrected chi connectivity index (χ3v) is 14.5. The summed E-state index contributed by atoms with van der Waals surface area (Å²) in [7, 11) is 10.7. The minimum absolute atomic E-state index is 0.116. The first-order valence-electron chi connectivity index (χ1n) is 7.15. The van der Waals surface area contributed by atoms with Gasteiger partial charge in [0.1, 0.15) is 5.75 Å². The molecule has 0 spiro atoms. The van der Waals surface area contributed by atoms with E-state index in [4.69, 9.17) is 16.3 Å². The van der Waals surface area contributed by atoms with Crippen molar-refractivity contribution in [2.24, 2.45) is 0 Å².